The largest absolute Gasteiger partial charge is 0.497 e. The summed E-state index contributed by atoms with van der Waals surface area (Å²) in [5.41, 5.74) is 2.46. The Morgan fingerprint density at radius 1 is 1.09 bits per heavy atom. The summed E-state index contributed by atoms with van der Waals surface area (Å²) in [6, 6.07) is 16.2. The van der Waals surface area contributed by atoms with E-state index in [2.05, 4.69) is 17.4 Å². The van der Waals surface area contributed by atoms with Crippen LogP contribution in [-0.2, 0) is 11.3 Å². The van der Waals surface area contributed by atoms with Crippen LogP contribution >= 0.6 is 11.6 Å². The standard InChI is InChI=1S/C19H22ClNO2/c1-22-17-8-2-14(3-9-17)13-23-19-12-21-11-10-18(19)15-4-6-16(20)7-5-15/h2-9,18-19,21H,10-13H2,1H3/t18-,19+/m0/s1. The van der Waals surface area contributed by atoms with E-state index in [1.54, 1.807) is 7.11 Å². The van der Waals surface area contributed by atoms with Gasteiger partial charge in [-0.25, -0.2) is 0 Å². The number of rotatable bonds is 5. The van der Waals surface area contributed by atoms with Gasteiger partial charge in [0.25, 0.3) is 0 Å². The lowest BCUT2D eigenvalue weighted by Crippen LogP contribution is -2.40. The molecule has 1 heterocycles. The van der Waals surface area contributed by atoms with E-state index in [1.165, 1.54) is 5.56 Å². The van der Waals surface area contributed by atoms with E-state index in [1.807, 2.05) is 36.4 Å². The minimum absolute atomic E-state index is 0.173. The van der Waals surface area contributed by atoms with Crippen molar-refractivity contribution in [3.05, 3.63) is 64.7 Å². The summed E-state index contributed by atoms with van der Waals surface area (Å²) in [6.07, 6.45) is 1.25. The molecule has 0 unspecified atom stereocenters. The Labute approximate surface area is 142 Å². The number of ether oxygens (including phenoxy) is 2. The first-order chi connectivity index (χ1) is 11.3. The van der Waals surface area contributed by atoms with Crippen molar-refractivity contribution in [1.82, 2.24) is 5.32 Å². The summed E-state index contributed by atoms with van der Waals surface area (Å²) < 4.78 is 11.4. The van der Waals surface area contributed by atoms with Gasteiger partial charge in [-0.05, 0) is 48.4 Å². The Morgan fingerprint density at radius 2 is 1.83 bits per heavy atom. The summed E-state index contributed by atoms with van der Waals surface area (Å²) >= 11 is 6.00. The first kappa shape index (κ1) is 16.3. The van der Waals surface area contributed by atoms with Gasteiger partial charge in [0.05, 0.1) is 19.8 Å². The summed E-state index contributed by atoms with van der Waals surface area (Å²) in [4.78, 5) is 0. The van der Waals surface area contributed by atoms with Crippen LogP contribution in [-0.4, -0.2) is 26.3 Å². The fourth-order valence-corrected chi connectivity index (χ4v) is 3.15. The van der Waals surface area contributed by atoms with Crippen LogP contribution in [0.2, 0.25) is 5.02 Å². The van der Waals surface area contributed by atoms with Crippen LogP contribution in [0.5, 0.6) is 5.75 Å². The second kappa shape index (κ2) is 7.82. The van der Waals surface area contributed by atoms with Gasteiger partial charge in [-0.2, -0.15) is 0 Å². The van der Waals surface area contributed by atoms with Crippen molar-refractivity contribution in [2.45, 2.75) is 25.0 Å². The average Bonchev–Trinajstić information content (AvgIpc) is 2.61. The van der Waals surface area contributed by atoms with Crippen LogP contribution in [0.1, 0.15) is 23.5 Å². The minimum Gasteiger partial charge on any atom is -0.497 e. The summed E-state index contributed by atoms with van der Waals surface area (Å²) in [6.45, 7) is 2.51. The minimum atomic E-state index is 0.173. The Morgan fingerprint density at radius 3 is 2.52 bits per heavy atom. The van der Waals surface area contributed by atoms with Gasteiger partial charge < -0.3 is 14.8 Å². The number of piperidine rings is 1. The fourth-order valence-electron chi connectivity index (χ4n) is 3.02. The van der Waals surface area contributed by atoms with Gasteiger partial charge in [0.1, 0.15) is 5.75 Å². The monoisotopic (exact) mass is 331 g/mol. The molecule has 1 fully saturated rings. The molecule has 2 aromatic rings. The van der Waals surface area contributed by atoms with Crippen molar-refractivity contribution in [3.8, 4) is 5.75 Å². The molecule has 1 saturated heterocycles. The highest BCUT2D eigenvalue weighted by Gasteiger charge is 2.27. The maximum absolute atomic E-state index is 6.20. The highest BCUT2D eigenvalue weighted by atomic mass is 35.5. The van der Waals surface area contributed by atoms with Crippen LogP contribution in [0, 0.1) is 0 Å². The van der Waals surface area contributed by atoms with Crippen LogP contribution in [0.4, 0.5) is 0 Å². The second-order valence-electron chi connectivity index (χ2n) is 5.85. The van der Waals surface area contributed by atoms with Crippen LogP contribution < -0.4 is 10.1 Å². The maximum atomic E-state index is 6.20. The Hall–Kier alpha value is -1.55. The molecule has 1 N–H and O–H groups in total. The number of hydrogen-bond donors (Lipinski definition) is 1. The van der Waals surface area contributed by atoms with E-state index in [-0.39, 0.29) is 6.10 Å². The van der Waals surface area contributed by atoms with Gasteiger partial charge in [0.15, 0.2) is 0 Å². The number of hydrogen-bond acceptors (Lipinski definition) is 3. The van der Waals surface area contributed by atoms with Gasteiger partial charge >= 0.3 is 0 Å². The van der Waals surface area contributed by atoms with Gasteiger partial charge in [0, 0.05) is 17.5 Å². The Kier molecular flexibility index (Phi) is 5.55. The molecule has 0 spiro atoms. The molecular weight excluding hydrogens is 310 g/mol. The number of nitrogens with one attached hydrogen (secondary N) is 1. The maximum Gasteiger partial charge on any atom is 0.118 e. The van der Waals surface area contributed by atoms with Crippen molar-refractivity contribution in [1.29, 1.82) is 0 Å². The van der Waals surface area contributed by atoms with Gasteiger partial charge in [-0.3, -0.25) is 0 Å². The van der Waals surface area contributed by atoms with Crippen molar-refractivity contribution < 1.29 is 9.47 Å². The normalized spacial score (nSPS) is 21.1. The van der Waals surface area contributed by atoms with Crippen molar-refractivity contribution in [3.63, 3.8) is 0 Å². The van der Waals surface area contributed by atoms with Gasteiger partial charge in [-0.15, -0.1) is 0 Å². The molecule has 0 aromatic heterocycles. The third-order valence-corrected chi connectivity index (χ3v) is 4.60. The molecule has 2 aromatic carbocycles. The average molecular weight is 332 g/mol. The molecule has 3 rings (SSSR count). The van der Waals surface area contributed by atoms with Gasteiger partial charge in [-0.1, -0.05) is 35.9 Å². The highest BCUT2D eigenvalue weighted by molar-refractivity contribution is 6.30. The van der Waals surface area contributed by atoms with Gasteiger partial charge in [0.2, 0.25) is 0 Å². The molecule has 2 atom stereocenters. The van der Waals surface area contributed by atoms with Crippen molar-refractivity contribution >= 4 is 11.6 Å². The lowest BCUT2D eigenvalue weighted by atomic mass is 9.88. The summed E-state index contributed by atoms with van der Waals surface area (Å²) in [7, 11) is 1.68. The molecule has 1 aliphatic heterocycles. The van der Waals surface area contributed by atoms with E-state index in [9.17, 15) is 0 Å². The molecule has 3 nitrogen and oxygen atoms in total. The fraction of sp³-hybridized carbons (Fsp3) is 0.368. The SMILES string of the molecule is COc1ccc(CO[C@@H]2CNCC[C@H]2c2ccc(Cl)cc2)cc1. The zero-order valence-electron chi connectivity index (χ0n) is 13.3. The second-order valence-corrected chi connectivity index (χ2v) is 6.28. The molecular formula is C19H22ClNO2. The van der Waals surface area contributed by atoms with E-state index in [0.717, 1.165) is 35.8 Å². The lowest BCUT2D eigenvalue weighted by molar-refractivity contribution is 0.0106. The zero-order chi connectivity index (χ0) is 16.1. The quantitative estimate of drug-likeness (QED) is 0.898. The number of halogens is 1. The molecule has 122 valence electrons. The number of methoxy groups -OCH3 is 1. The number of benzene rings is 2. The van der Waals surface area contributed by atoms with Crippen molar-refractivity contribution in [2.75, 3.05) is 20.2 Å². The summed E-state index contributed by atoms with van der Waals surface area (Å²) in [5.74, 6) is 1.28. The third kappa shape index (κ3) is 4.25. The van der Waals surface area contributed by atoms with Crippen LogP contribution in [0.3, 0.4) is 0 Å². The van der Waals surface area contributed by atoms with Crippen LogP contribution in [0.15, 0.2) is 48.5 Å². The Bertz CT molecular complexity index is 612. The molecule has 1 aliphatic rings. The first-order valence-electron chi connectivity index (χ1n) is 7.97. The topological polar surface area (TPSA) is 30.5 Å². The van der Waals surface area contributed by atoms with Crippen molar-refractivity contribution in [2.24, 2.45) is 0 Å². The lowest BCUT2D eigenvalue weighted by Gasteiger charge is -2.32. The predicted octanol–water partition coefficient (Wildman–Crippen LogP) is 4.01. The highest BCUT2D eigenvalue weighted by Crippen LogP contribution is 2.29. The van der Waals surface area contributed by atoms with E-state index < -0.39 is 0 Å². The molecule has 0 radical (unpaired) electrons. The third-order valence-electron chi connectivity index (χ3n) is 4.35. The molecule has 0 saturated carbocycles. The molecule has 0 bridgehead atoms. The predicted molar refractivity (Wildman–Crippen MR) is 93.3 cm³/mol. The van der Waals surface area contributed by atoms with Crippen LogP contribution in [0.25, 0.3) is 0 Å². The molecule has 0 aliphatic carbocycles. The van der Waals surface area contributed by atoms with E-state index in [4.69, 9.17) is 21.1 Å². The summed E-state index contributed by atoms with van der Waals surface area (Å²) in [5, 5.41) is 4.21. The first-order valence-corrected chi connectivity index (χ1v) is 8.35. The molecule has 0 amide bonds. The zero-order valence-corrected chi connectivity index (χ0v) is 14.1. The van der Waals surface area contributed by atoms with E-state index in [0.29, 0.717) is 12.5 Å². The molecule has 4 heteroatoms. The molecule has 23 heavy (non-hydrogen) atoms. The smallest absolute Gasteiger partial charge is 0.118 e. The van der Waals surface area contributed by atoms with E-state index >= 15 is 0 Å². The Balaban J connectivity index is 1.65.